The molecule has 90 valence electrons. The first-order chi connectivity index (χ1) is 8.69. The summed E-state index contributed by atoms with van der Waals surface area (Å²) in [4.78, 5) is 5.51. The minimum absolute atomic E-state index is 0.645. The molecule has 4 nitrogen and oxygen atoms in total. The molecule has 0 aliphatic heterocycles. The van der Waals surface area contributed by atoms with Gasteiger partial charge < -0.3 is 0 Å². The first kappa shape index (κ1) is 12.3. The Balaban J connectivity index is 2.00. The summed E-state index contributed by atoms with van der Waals surface area (Å²) in [6.45, 7) is 4.00. The highest BCUT2D eigenvalue weighted by atomic mass is 32.1. The third-order valence-electron chi connectivity index (χ3n) is 2.44. The third kappa shape index (κ3) is 2.93. The molecule has 0 radical (unpaired) electrons. The van der Waals surface area contributed by atoms with Gasteiger partial charge in [0.1, 0.15) is 0 Å². The molecule has 0 fully saturated rings. The molecule has 0 aliphatic carbocycles. The van der Waals surface area contributed by atoms with Crippen LogP contribution in [0.15, 0.2) is 29.4 Å². The van der Waals surface area contributed by atoms with Gasteiger partial charge in [0.05, 0.1) is 23.5 Å². The van der Waals surface area contributed by atoms with Crippen LogP contribution in [0.3, 0.4) is 0 Å². The minimum atomic E-state index is 0.645. The lowest BCUT2D eigenvalue weighted by atomic mass is 10.2. The molecule has 1 heterocycles. The number of rotatable bonds is 3. The molecular formula is C13H12N4S. The van der Waals surface area contributed by atoms with Crippen molar-refractivity contribution in [1.82, 2.24) is 4.98 Å². The zero-order chi connectivity index (χ0) is 13.0. The van der Waals surface area contributed by atoms with E-state index in [9.17, 15) is 0 Å². The van der Waals surface area contributed by atoms with Gasteiger partial charge in [0.2, 0.25) is 5.13 Å². The van der Waals surface area contributed by atoms with Crippen LogP contribution in [0.2, 0.25) is 0 Å². The highest BCUT2D eigenvalue weighted by Crippen LogP contribution is 2.20. The number of hydrogen-bond donors (Lipinski definition) is 1. The standard InChI is InChI=1S/C13H12N4S/c1-9-10(2)18-13(16-9)17-15-8-12-5-3-11(7-14)4-6-12/h3-6,8H,1-2H3,(H,16,17)/b15-8+. The number of nitrogens with zero attached hydrogens (tertiary/aromatic N) is 3. The average molecular weight is 256 g/mol. The van der Waals surface area contributed by atoms with E-state index in [4.69, 9.17) is 5.26 Å². The second kappa shape index (κ2) is 5.43. The van der Waals surface area contributed by atoms with Crippen LogP contribution in [-0.4, -0.2) is 11.2 Å². The second-order valence-corrected chi connectivity index (χ2v) is 4.97. The Morgan fingerprint density at radius 2 is 2.06 bits per heavy atom. The Hall–Kier alpha value is -2.19. The maximum absolute atomic E-state index is 8.68. The van der Waals surface area contributed by atoms with E-state index in [0.717, 1.165) is 16.4 Å². The van der Waals surface area contributed by atoms with Crippen LogP contribution >= 0.6 is 11.3 Å². The highest BCUT2D eigenvalue weighted by Gasteiger charge is 2.00. The molecule has 2 aromatic rings. The number of nitrogens with one attached hydrogen (secondary N) is 1. The number of hydrazone groups is 1. The van der Waals surface area contributed by atoms with Crippen LogP contribution in [0.5, 0.6) is 0 Å². The van der Waals surface area contributed by atoms with Crippen LogP contribution in [0.1, 0.15) is 21.7 Å². The summed E-state index contributed by atoms with van der Waals surface area (Å²) in [6, 6.07) is 9.30. The van der Waals surface area contributed by atoms with Gasteiger partial charge in [0.25, 0.3) is 0 Å². The summed E-state index contributed by atoms with van der Waals surface area (Å²) in [5, 5.41) is 13.6. The lowest BCUT2D eigenvalue weighted by Crippen LogP contribution is -1.90. The number of benzene rings is 1. The molecule has 1 N–H and O–H groups in total. The number of nitriles is 1. The summed E-state index contributed by atoms with van der Waals surface area (Å²) < 4.78 is 0. The van der Waals surface area contributed by atoms with Crippen molar-refractivity contribution >= 4 is 22.7 Å². The first-order valence-electron chi connectivity index (χ1n) is 5.42. The van der Waals surface area contributed by atoms with E-state index in [2.05, 4.69) is 21.6 Å². The van der Waals surface area contributed by atoms with Crippen molar-refractivity contribution in [2.75, 3.05) is 5.43 Å². The Labute approximate surface area is 110 Å². The van der Waals surface area contributed by atoms with Crippen LogP contribution in [0.25, 0.3) is 0 Å². The average Bonchev–Trinajstić information content (AvgIpc) is 2.69. The van der Waals surface area contributed by atoms with Crippen LogP contribution < -0.4 is 5.43 Å². The maximum Gasteiger partial charge on any atom is 0.203 e. The fourth-order valence-electron chi connectivity index (χ4n) is 1.33. The third-order valence-corrected chi connectivity index (χ3v) is 3.42. The molecule has 18 heavy (non-hydrogen) atoms. The molecule has 0 spiro atoms. The van der Waals surface area contributed by atoms with Crippen molar-refractivity contribution in [2.45, 2.75) is 13.8 Å². The molecule has 1 aromatic carbocycles. The predicted octanol–water partition coefficient (Wildman–Crippen LogP) is 3.08. The van der Waals surface area contributed by atoms with E-state index in [1.54, 1.807) is 29.7 Å². The van der Waals surface area contributed by atoms with Gasteiger partial charge in [-0.15, -0.1) is 11.3 Å². The molecule has 0 amide bonds. The maximum atomic E-state index is 8.68. The van der Waals surface area contributed by atoms with Crippen LogP contribution in [0.4, 0.5) is 5.13 Å². The Kier molecular flexibility index (Phi) is 3.70. The molecule has 0 saturated heterocycles. The lowest BCUT2D eigenvalue weighted by Gasteiger charge is -1.94. The van der Waals surface area contributed by atoms with Crippen molar-refractivity contribution in [3.8, 4) is 6.07 Å². The Morgan fingerprint density at radius 3 is 2.61 bits per heavy atom. The molecule has 5 heteroatoms. The molecular weight excluding hydrogens is 244 g/mol. The number of anilines is 1. The molecule has 0 atom stereocenters. The van der Waals surface area contributed by atoms with Gasteiger partial charge in [-0.25, -0.2) is 4.98 Å². The second-order valence-electron chi connectivity index (χ2n) is 3.76. The number of aromatic nitrogens is 1. The molecule has 0 unspecified atom stereocenters. The quantitative estimate of drug-likeness (QED) is 0.678. The van der Waals surface area contributed by atoms with E-state index in [1.807, 2.05) is 26.0 Å². The largest absolute Gasteiger partial charge is 0.253 e. The number of hydrogen-bond acceptors (Lipinski definition) is 5. The zero-order valence-corrected chi connectivity index (χ0v) is 11.0. The smallest absolute Gasteiger partial charge is 0.203 e. The number of thiazole rings is 1. The number of aryl methyl sites for hydroxylation is 2. The van der Waals surface area contributed by atoms with Crippen LogP contribution in [0, 0.1) is 25.2 Å². The van der Waals surface area contributed by atoms with E-state index in [1.165, 1.54) is 4.88 Å². The monoisotopic (exact) mass is 256 g/mol. The Morgan fingerprint density at radius 1 is 1.33 bits per heavy atom. The van der Waals surface area contributed by atoms with Gasteiger partial charge in [0, 0.05) is 4.88 Å². The zero-order valence-electron chi connectivity index (χ0n) is 10.1. The molecule has 2 rings (SSSR count). The summed E-state index contributed by atoms with van der Waals surface area (Å²) in [7, 11) is 0. The van der Waals surface area contributed by atoms with E-state index in [0.29, 0.717) is 5.56 Å². The normalized spacial score (nSPS) is 10.5. The first-order valence-corrected chi connectivity index (χ1v) is 6.24. The summed E-state index contributed by atoms with van der Waals surface area (Å²) >= 11 is 1.58. The van der Waals surface area contributed by atoms with E-state index in [-0.39, 0.29) is 0 Å². The van der Waals surface area contributed by atoms with Crippen molar-refractivity contribution in [3.05, 3.63) is 46.0 Å². The SMILES string of the molecule is Cc1nc(N/N=C/c2ccc(C#N)cc2)sc1C. The van der Waals surface area contributed by atoms with Crippen molar-refractivity contribution in [1.29, 1.82) is 5.26 Å². The van der Waals surface area contributed by atoms with Gasteiger partial charge in [0.15, 0.2) is 0 Å². The van der Waals surface area contributed by atoms with Crippen LogP contribution in [-0.2, 0) is 0 Å². The van der Waals surface area contributed by atoms with Gasteiger partial charge in [-0.1, -0.05) is 12.1 Å². The van der Waals surface area contributed by atoms with E-state index < -0.39 is 0 Å². The molecule has 0 saturated carbocycles. The fourth-order valence-corrected chi connectivity index (χ4v) is 2.09. The van der Waals surface area contributed by atoms with Gasteiger partial charge in [-0.2, -0.15) is 10.4 Å². The highest BCUT2D eigenvalue weighted by molar-refractivity contribution is 7.15. The summed E-state index contributed by atoms with van der Waals surface area (Å²) in [6.07, 6.45) is 1.70. The van der Waals surface area contributed by atoms with Crippen molar-refractivity contribution in [3.63, 3.8) is 0 Å². The summed E-state index contributed by atoms with van der Waals surface area (Å²) in [5.41, 5.74) is 5.50. The summed E-state index contributed by atoms with van der Waals surface area (Å²) in [5.74, 6) is 0. The van der Waals surface area contributed by atoms with E-state index >= 15 is 0 Å². The fraction of sp³-hybridized carbons (Fsp3) is 0.154. The minimum Gasteiger partial charge on any atom is -0.253 e. The van der Waals surface area contributed by atoms with Crippen molar-refractivity contribution < 1.29 is 0 Å². The predicted molar refractivity (Wildman–Crippen MR) is 74.0 cm³/mol. The van der Waals surface area contributed by atoms with Crippen molar-refractivity contribution in [2.24, 2.45) is 5.10 Å². The van der Waals surface area contributed by atoms with Gasteiger partial charge in [-0.3, -0.25) is 5.43 Å². The Bertz CT molecular complexity index is 585. The molecule has 1 aromatic heterocycles. The lowest BCUT2D eigenvalue weighted by molar-refractivity contribution is 1.20. The topological polar surface area (TPSA) is 61.1 Å². The van der Waals surface area contributed by atoms with Gasteiger partial charge >= 0.3 is 0 Å². The molecule has 0 aliphatic rings. The van der Waals surface area contributed by atoms with Gasteiger partial charge in [-0.05, 0) is 31.5 Å². The molecule has 0 bridgehead atoms.